The number of hydrogen-bond acceptors (Lipinski definition) is 2. The molecule has 0 aromatic rings. The second-order valence-corrected chi connectivity index (χ2v) is 2.01. The normalized spacial score (nSPS) is 9.21. The molecule has 0 aliphatic heterocycles. The van der Waals surface area contributed by atoms with E-state index in [2.05, 4.69) is 18.5 Å². The van der Waals surface area contributed by atoms with Crippen molar-refractivity contribution in [2.24, 2.45) is 0 Å². The molecule has 0 unspecified atom stereocenters. The third-order valence-corrected chi connectivity index (χ3v) is 1.17. The zero-order chi connectivity index (χ0) is 11.4. The molecule has 0 radical (unpaired) electrons. The Bertz CT molecular complexity index is 207. The fourth-order valence-electron chi connectivity index (χ4n) is 0.548. The molecule has 0 fully saturated rings. The van der Waals surface area contributed by atoms with Gasteiger partial charge in [0.25, 0.3) is 0 Å². The van der Waals surface area contributed by atoms with Crippen LogP contribution in [0.25, 0.3) is 0 Å². The lowest BCUT2D eigenvalue weighted by atomic mass is 10.2. The van der Waals surface area contributed by atoms with E-state index in [-0.39, 0.29) is 6.61 Å². The summed E-state index contributed by atoms with van der Waals surface area (Å²) in [5, 5.41) is 2.34. The van der Waals surface area contributed by atoms with E-state index in [0.717, 1.165) is 5.57 Å². The van der Waals surface area contributed by atoms with Gasteiger partial charge in [0.2, 0.25) is 0 Å². The molecular formula is C11H19NO2. The molecule has 0 spiro atoms. The fourth-order valence-corrected chi connectivity index (χ4v) is 0.548. The van der Waals surface area contributed by atoms with Crippen LogP contribution in [0, 0.1) is 0 Å². The van der Waals surface area contributed by atoms with E-state index < -0.39 is 6.09 Å². The minimum absolute atomic E-state index is 0.217. The molecule has 1 amide bonds. The summed E-state index contributed by atoms with van der Waals surface area (Å²) in [6.07, 6.45) is 4.51. The molecule has 3 nitrogen and oxygen atoms in total. The summed E-state index contributed by atoms with van der Waals surface area (Å²) < 4.78 is 4.76. The maximum absolute atomic E-state index is 10.6. The zero-order valence-corrected chi connectivity index (χ0v) is 9.17. The highest BCUT2D eigenvalue weighted by Gasteiger charge is 1.97. The van der Waals surface area contributed by atoms with Crippen LogP contribution in [0.3, 0.4) is 0 Å². The molecule has 0 heterocycles. The Hall–Kier alpha value is -1.51. The Labute approximate surface area is 86.2 Å². The van der Waals surface area contributed by atoms with Gasteiger partial charge in [-0.15, -0.1) is 0 Å². The monoisotopic (exact) mass is 197 g/mol. The Balaban J connectivity index is 0. The first kappa shape index (κ1) is 15.0. The van der Waals surface area contributed by atoms with Crippen molar-refractivity contribution in [1.82, 2.24) is 5.32 Å². The van der Waals surface area contributed by atoms with Crippen LogP contribution >= 0.6 is 0 Å². The quantitative estimate of drug-likeness (QED) is 0.704. The van der Waals surface area contributed by atoms with Gasteiger partial charge in [-0.25, -0.2) is 4.79 Å². The van der Waals surface area contributed by atoms with Crippen molar-refractivity contribution in [3.05, 3.63) is 37.0 Å². The molecule has 80 valence electrons. The molecule has 0 atom stereocenters. The van der Waals surface area contributed by atoms with Gasteiger partial charge in [-0.3, -0.25) is 0 Å². The SMILES string of the molecule is C=C/C=C(\C=C)COC(=O)NC.CC. The minimum Gasteiger partial charge on any atom is -0.445 e. The highest BCUT2D eigenvalue weighted by atomic mass is 16.5. The maximum atomic E-state index is 10.6. The van der Waals surface area contributed by atoms with Crippen molar-refractivity contribution in [2.75, 3.05) is 13.7 Å². The third-order valence-electron chi connectivity index (χ3n) is 1.17. The molecule has 3 heteroatoms. The van der Waals surface area contributed by atoms with Crippen LogP contribution in [0.5, 0.6) is 0 Å². The lowest BCUT2D eigenvalue weighted by molar-refractivity contribution is 0.159. The van der Waals surface area contributed by atoms with Gasteiger partial charge in [0.05, 0.1) is 0 Å². The van der Waals surface area contributed by atoms with Gasteiger partial charge in [0.1, 0.15) is 6.61 Å². The Morgan fingerprint density at radius 1 is 1.43 bits per heavy atom. The second kappa shape index (κ2) is 11.5. The number of allylic oxidation sites excluding steroid dienone is 2. The molecule has 0 saturated heterocycles. The van der Waals surface area contributed by atoms with Gasteiger partial charge < -0.3 is 10.1 Å². The van der Waals surface area contributed by atoms with E-state index in [1.807, 2.05) is 13.8 Å². The topological polar surface area (TPSA) is 38.3 Å². The number of carbonyl (C=O) groups is 1. The van der Waals surface area contributed by atoms with Gasteiger partial charge in [0.15, 0.2) is 0 Å². The fraction of sp³-hybridized carbons (Fsp3) is 0.364. The van der Waals surface area contributed by atoms with E-state index >= 15 is 0 Å². The number of alkyl carbamates (subject to hydrolysis) is 1. The lowest BCUT2D eigenvalue weighted by Gasteiger charge is -2.03. The van der Waals surface area contributed by atoms with Crippen LogP contribution in [-0.4, -0.2) is 19.7 Å². The summed E-state index contributed by atoms with van der Waals surface area (Å²) in [5.74, 6) is 0. The first-order valence-electron chi connectivity index (χ1n) is 4.53. The molecule has 0 aliphatic carbocycles. The summed E-state index contributed by atoms with van der Waals surface area (Å²) >= 11 is 0. The third kappa shape index (κ3) is 8.59. The highest BCUT2D eigenvalue weighted by molar-refractivity contribution is 5.66. The first-order valence-corrected chi connectivity index (χ1v) is 4.53. The van der Waals surface area contributed by atoms with Crippen LogP contribution in [0.4, 0.5) is 4.79 Å². The lowest BCUT2D eigenvalue weighted by Crippen LogP contribution is -2.19. The van der Waals surface area contributed by atoms with Crippen molar-refractivity contribution >= 4 is 6.09 Å². The molecule has 0 aliphatic rings. The van der Waals surface area contributed by atoms with E-state index in [1.54, 1.807) is 18.2 Å². The summed E-state index contributed by atoms with van der Waals surface area (Å²) in [7, 11) is 1.51. The van der Waals surface area contributed by atoms with Gasteiger partial charge in [-0.2, -0.15) is 0 Å². The number of rotatable bonds is 4. The van der Waals surface area contributed by atoms with E-state index in [4.69, 9.17) is 4.74 Å². The predicted molar refractivity (Wildman–Crippen MR) is 60.2 cm³/mol. The van der Waals surface area contributed by atoms with Gasteiger partial charge in [0, 0.05) is 7.05 Å². The van der Waals surface area contributed by atoms with Crippen LogP contribution < -0.4 is 5.32 Å². The molecule has 0 aromatic carbocycles. The van der Waals surface area contributed by atoms with Crippen molar-refractivity contribution < 1.29 is 9.53 Å². The first-order chi connectivity index (χ1) is 6.74. The highest BCUT2D eigenvalue weighted by Crippen LogP contribution is 1.96. The summed E-state index contributed by atoms with van der Waals surface area (Å²) in [5.41, 5.74) is 0.814. The number of ether oxygens (including phenoxy) is 1. The average molecular weight is 197 g/mol. The smallest absolute Gasteiger partial charge is 0.407 e. The van der Waals surface area contributed by atoms with E-state index in [1.165, 1.54) is 7.05 Å². The molecule has 0 saturated carbocycles. The van der Waals surface area contributed by atoms with Gasteiger partial charge in [-0.05, 0) is 5.57 Å². The molecular weight excluding hydrogens is 178 g/mol. The van der Waals surface area contributed by atoms with Crippen LogP contribution in [0.15, 0.2) is 37.0 Å². The van der Waals surface area contributed by atoms with E-state index in [0.29, 0.717) is 0 Å². The largest absolute Gasteiger partial charge is 0.445 e. The predicted octanol–water partition coefficient (Wildman–Crippen LogP) is 2.67. The summed E-state index contributed by atoms with van der Waals surface area (Å²) in [6.45, 7) is 11.3. The maximum Gasteiger partial charge on any atom is 0.407 e. The van der Waals surface area contributed by atoms with Gasteiger partial charge in [-0.1, -0.05) is 45.2 Å². The second-order valence-electron chi connectivity index (χ2n) is 2.01. The summed E-state index contributed by atoms with van der Waals surface area (Å²) in [6, 6.07) is 0. The average Bonchev–Trinajstić information content (AvgIpc) is 2.26. The van der Waals surface area contributed by atoms with Crippen LogP contribution in [-0.2, 0) is 4.74 Å². The number of carbonyl (C=O) groups excluding carboxylic acids is 1. The van der Waals surface area contributed by atoms with Crippen LogP contribution in [0.1, 0.15) is 13.8 Å². The van der Waals surface area contributed by atoms with E-state index in [9.17, 15) is 4.79 Å². The Kier molecular flexibility index (Phi) is 12.3. The molecule has 0 rings (SSSR count). The van der Waals surface area contributed by atoms with Crippen molar-refractivity contribution in [3.63, 3.8) is 0 Å². The Morgan fingerprint density at radius 2 is 2.00 bits per heavy atom. The Morgan fingerprint density at radius 3 is 2.36 bits per heavy atom. The standard InChI is InChI=1S/C9H13NO2.C2H6/c1-4-6-8(5-2)7-12-9(11)10-3;1-2/h4-6H,1-2,7H2,3H3,(H,10,11);1-2H3/b8-6+;. The molecule has 1 N–H and O–H groups in total. The van der Waals surface area contributed by atoms with Crippen molar-refractivity contribution in [1.29, 1.82) is 0 Å². The van der Waals surface area contributed by atoms with Crippen molar-refractivity contribution in [2.45, 2.75) is 13.8 Å². The van der Waals surface area contributed by atoms with Gasteiger partial charge >= 0.3 is 6.09 Å². The number of hydrogen-bond donors (Lipinski definition) is 1. The molecule has 14 heavy (non-hydrogen) atoms. The molecule has 0 bridgehead atoms. The van der Waals surface area contributed by atoms with Crippen molar-refractivity contribution in [3.8, 4) is 0 Å². The van der Waals surface area contributed by atoms with Crippen LogP contribution in [0.2, 0.25) is 0 Å². The zero-order valence-electron chi connectivity index (χ0n) is 9.17. The molecule has 0 aromatic heterocycles. The number of amides is 1. The minimum atomic E-state index is -0.452. The summed E-state index contributed by atoms with van der Waals surface area (Å²) in [4.78, 5) is 10.6. The number of nitrogens with one attached hydrogen (secondary N) is 1.